The average Bonchev–Trinajstić information content (AvgIpc) is 3.39. The molecule has 6 atom stereocenters. The van der Waals surface area contributed by atoms with Crippen LogP contribution in [-0.2, 0) is 27.5 Å². The summed E-state index contributed by atoms with van der Waals surface area (Å²) in [7, 11) is 0. The standard InChI is InChI=1S/C59H74FN3O9/c1-3-5-6-7-8-9-10-11-15-27-56(66)62(41-43-28-30-46(60)31-29-43)55-40-53(61-70-42-44-21-13-12-14-22-44)51-37-45(23-16-18-34-64)50(26-17-19-35-65)57-52-39-49(71-48-25-20-24-47(38-48)63(67)68)32-33-54(52)72-59(55,58(51)57)69-36-4-2/h4,12-14,20-22,24-25,28-33,37-39,45,50,55,57-58,64-65H,2-3,5-11,15-19,23,26-27,34-36,40-42H2,1H3/t45-,50+,55-,57+,58+,59+/m0/s1. The van der Waals surface area contributed by atoms with Gasteiger partial charge in [0.1, 0.15) is 35.7 Å². The van der Waals surface area contributed by atoms with Gasteiger partial charge < -0.3 is 34.2 Å². The van der Waals surface area contributed by atoms with E-state index in [1.165, 1.54) is 56.4 Å². The fourth-order valence-electron chi connectivity index (χ4n) is 11.2. The van der Waals surface area contributed by atoms with Crippen LogP contribution in [0.5, 0.6) is 17.2 Å². The van der Waals surface area contributed by atoms with Crippen LogP contribution in [0.2, 0.25) is 0 Å². The van der Waals surface area contributed by atoms with E-state index in [-0.39, 0.29) is 74.6 Å². The molecule has 0 saturated heterocycles. The number of unbranched alkanes of at least 4 members (excludes halogenated alkanes) is 10. The Balaban J connectivity index is 1.38. The molecule has 386 valence electrons. The summed E-state index contributed by atoms with van der Waals surface area (Å²) in [5, 5.41) is 36.9. The van der Waals surface area contributed by atoms with Crippen molar-refractivity contribution in [1.82, 2.24) is 4.90 Å². The molecule has 0 bridgehead atoms. The number of oxime groups is 1. The topological polar surface area (TPSA) is 153 Å². The number of aliphatic hydroxyl groups is 2. The molecule has 2 aliphatic carbocycles. The number of hydrogen-bond acceptors (Lipinski definition) is 10. The van der Waals surface area contributed by atoms with Gasteiger partial charge in [0.25, 0.3) is 5.69 Å². The molecule has 1 aliphatic heterocycles. The van der Waals surface area contributed by atoms with Crippen LogP contribution in [0.25, 0.3) is 0 Å². The number of fused-ring (bicyclic) bond motifs is 2. The second kappa shape index (κ2) is 27.2. The number of nitrogens with zero attached hydrogens (tertiary/aromatic N) is 3. The van der Waals surface area contributed by atoms with Crippen LogP contribution in [-0.4, -0.2) is 63.3 Å². The number of amides is 1. The van der Waals surface area contributed by atoms with E-state index in [4.69, 9.17) is 24.2 Å². The Morgan fingerprint density at radius 2 is 1.57 bits per heavy atom. The highest BCUT2D eigenvalue weighted by Crippen LogP contribution is 2.62. The zero-order valence-corrected chi connectivity index (χ0v) is 42.0. The van der Waals surface area contributed by atoms with Crippen LogP contribution in [0, 0.1) is 33.7 Å². The molecule has 4 aromatic rings. The molecule has 1 amide bonds. The number of aliphatic hydroxyl groups excluding tert-OH is 2. The van der Waals surface area contributed by atoms with Crippen LogP contribution in [0.4, 0.5) is 10.1 Å². The lowest BCUT2D eigenvalue weighted by Crippen LogP contribution is -2.70. The molecule has 0 radical (unpaired) electrons. The number of rotatable bonds is 30. The molecule has 0 spiro atoms. The lowest BCUT2D eigenvalue weighted by molar-refractivity contribution is -0.384. The van der Waals surface area contributed by atoms with Crippen LogP contribution in [0.3, 0.4) is 0 Å². The zero-order chi connectivity index (χ0) is 50.7. The monoisotopic (exact) mass is 988 g/mol. The van der Waals surface area contributed by atoms with Crippen LogP contribution >= 0.6 is 0 Å². The number of allylic oxidation sites excluding steroid dienone is 1. The highest BCUT2D eigenvalue weighted by molar-refractivity contribution is 6.03. The zero-order valence-electron chi connectivity index (χ0n) is 42.0. The number of carbonyl (C=O) groups excluding carboxylic acids is 1. The number of carbonyl (C=O) groups is 1. The van der Waals surface area contributed by atoms with Gasteiger partial charge in [-0.05, 0) is 97.0 Å². The molecule has 0 unspecified atom stereocenters. The highest BCUT2D eigenvalue weighted by Gasteiger charge is 2.65. The predicted molar refractivity (Wildman–Crippen MR) is 278 cm³/mol. The van der Waals surface area contributed by atoms with Gasteiger partial charge in [-0.3, -0.25) is 14.9 Å². The lowest BCUT2D eigenvalue weighted by atomic mass is 9.55. The summed E-state index contributed by atoms with van der Waals surface area (Å²) in [5.74, 6) is -1.58. The lowest BCUT2D eigenvalue weighted by Gasteiger charge is -2.60. The summed E-state index contributed by atoms with van der Waals surface area (Å²) in [5.41, 5.74) is 4.01. The van der Waals surface area contributed by atoms with E-state index in [1.807, 2.05) is 47.4 Å². The molecule has 4 aromatic carbocycles. The molecule has 1 saturated carbocycles. The molecule has 7 rings (SSSR count). The molecule has 2 N–H and O–H groups in total. The maximum absolute atomic E-state index is 15.3. The normalized spacial score (nSPS) is 21.5. The predicted octanol–water partition coefficient (Wildman–Crippen LogP) is 13.3. The third-order valence-electron chi connectivity index (χ3n) is 14.6. The number of ether oxygens (including phenoxy) is 3. The summed E-state index contributed by atoms with van der Waals surface area (Å²) < 4.78 is 35.6. The Labute approximate surface area is 425 Å². The Morgan fingerprint density at radius 3 is 2.28 bits per heavy atom. The Kier molecular flexibility index (Phi) is 20.4. The quantitative estimate of drug-likeness (QED) is 0.0225. The molecule has 1 fully saturated rings. The number of non-ortho nitro benzene ring substituents is 1. The van der Waals surface area contributed by atoms with Crippen LogP contribution in [0.1, 0.15) is 139 Å². The number of halogens is 1. The Morgan fingerprint density at radius 1 is 0.861 bits per heavy atom. The van der Waals surface area contributed by atoms with Crippen LogP contribution < -0.4 is 9.47 Å². The molecular weight excluding hydrogens is 914 g/mol. The van der Waals surface area contributed by atoms with Gasteiger partial charge in [0.15, 0.2) is 0 Å². The van der Waals surface area contributed by atoms with Crippen molar-refractivity contribution in [3.05, 3.63) is 154 Å². The van der Waals surface area contributed by atoms with Crippen molar-refractivity contribution in [3.63, 3.8) is 0 Å². The molecule has 13 heteroatoms. The number of nitro benzene ring substituents is 1. The van der Waals surface area contributed by atoms with Gasteiger partial charge in [0.05, 0.1) is 29.2 Å². The number of hydrogen-bond donors (Lipinski definition) is 2. The SMILES string of the molecule is C=CCO[C@@]12Oc3ccc(Oc4cccc([N+](=O)[O-])c4)cc3[C@H]3[C@H](CCCCO)[C@@H](CCCCO)C=C(C(=NOCc4ccccc4)C[C@@H]1N(Cc1ccc(F)cc1)C(=O)CCCCCCCCCCC)[C@H]32. The minimum Gasteiger partial charge on any atom is -0.459 e. The average molecular weight is 988 g/mol. The van der Waals surface area contributed by atoms with Gasteiger partial charge in [-0.1, -0.05) is 137 Å². The van der Waals surface area contributed by atoms with Crippen molar-refractivity contribution >= 4 is 17.3 Å². The smallest absolute Gasteiger partial charge is 0.273 e. The summed E-state index contributed by atoms with van der Waals surface area (Å²) in [4.78, 5) is 34.7. The molecule has 3 aliphatic rings. The summed E-state index contributed by atoms with van der Waals surface area (Å²) in [6, 6.07) is 27.0. The maximum atomic E-state index is 15.3. The fourth-order valence-corrected chi connectivity index (χ4v) is 11.2. The third-order valence-corrected chi connectivity index (χ3v) is 14.6. The van der Waals surface area contributed by atoms with E-state index in [2.05, 4.69) is 19.6 Å². The van der Waals surface area contributed by atoms with Gasteiger partial charge in [0.2, 0.25) is 11.7 Å². The number of benzene rings is 4. The summed E-state index contributed by atoms with van der Waals surface area (Å²) in [6.07, 6.45) is 18.7. The first-order valence-corrected chi connectivity index (χ1v) is 26.4. The first-order chi connectivity index (χ1) is 35.2. The third kappa shape index (κ3) is 13.8. The van der Waals surface area contributed by atoms with Crippen LogP contribution in [0.15, 0.2) is 127 Å². The molecular formula is C59H74FN3O9. The van der Waals surface area contributed by atoms with E-state index in [0.717, 1.165) is 67.2 Å². The first kappa shape index (κ1) is 53.9. The molecule has 72 heavy (non-hydrogen) atoms. The molecule has 0 aromatic heterocycles. The first-order valence-electron chi connectivity index (χ1n) is 26.4. The van der Waals surface area contributed by atoms with E-state index in [9.17, 15) is 24.7 Å². The Bertz CT molecular complexity index is 2430. The highest BCUT2D eigenvalue weighted by atomic mass is 19.1. The van der Waals surface area contributed by atoms with Crippen molar-refractivity contribution < 1.29 is 43.4 Å². The van der Waals surface area contributed by atoms with Crippen molar-refractivity contribution in [2.24, 2.45) is 22.9 Å². The van der Waals surface area contributed by atoms with E-state index < -0.39 is 22.7 Å². The second-order valence-corrected chi connectivity index (χ2v) is 19.6. The van der Waals surface area contributed by atoms with E-state index in [1.54, 1.807) is 36.4 Å². The van der Waals surface area contributed by atoms with Crippen molar-refractivity contribution in [3.8, 4) is 17.2 Å². The minimum absolute atomic E-state index is 0.00429. The van der Waals surface area contributed by atoms with Gasteiger partial charge in [-0.25, -0.2) is 4.39 Å². The second-order valence-electron chi connectivity index (χ2n) is 19.6. The van der Waals surface area contributed by atoms with Crippen molar-refractivity contribution in [1.29, 1.82) is 0 Å². The van der Waals surface area contributed by atoms with E-state index in [0.29, 0.717) is 48.6 Å². The summed E-state index contributed by atoms with van der Waals surface area (Å²) in [6.45, 7) is 6.88. The van der Waals surface area contributed by atoms with E-state index >= 15 is 4.79 Å². The van der Waals surface area contributed by atoms with Crippen molar-refractivity contribution in [2.45, 2.75) is 147 Å². The summed E-state index contributed by atoms with van der Waals surface area (Å²) >= 11 is 0. The van der Waals surface area contributed by atoms with Gasteiger partial charge in [0, 0.05) is 50.1 Å². The van der Waals surface area contributed by atoms with Crippen molar-refractivity contribution in [2.75, 3.05) is 19.8 Å². The Hall–Kier alpha value is -5.89. The minimum atomic E-state index is -1.50. The molecule has 12 nitrogen and oxygen atoms in total. The fraction of sp³-hybridized carbons (Fsp3) is 0.492. The van der Waals surface area contributed by atoms with Gasteiger partial charge in [-0.2, -0.15) is 0 Å². The number of nitro groups is 1. The molecule has 1 heterocycles. The van der Waals surface area contributed by atoms with Gasteiger partial charge in [-0.15, -0.1) is 6.58 Å². The van der Waals surface area contributed by atoms with Gasteiger partial charge >= 0.3 is 0 Å². The largest absolute Gasteiger partial charge is 0.459 e. The maximum Gasteiger partial charge on any atom is 0.273 e.